The van der Waals surface area contributed by atoms with Crippen molar-refractivity contribution in [1.29, 1.82) is 5.26 Å². The summed E-state index contributed by atoms with van der Waals surface area (Å²) in [5.41, 5.74) is 2.04. The minimum absolute atomic E-state index is 0.175. The van der Waals surface area contributed by atoms with Gasteiger partial charge in [-0.2, -0.15) is 18.4 Å². The Morgan fingerprint density at radius 3 is 2.62 bits per heavy atom. The highest BCUT2D eigenvalue weighted by atomic mass is 32.1. The van der Waals surface area contributed by atoms with Gasteiger partial charge in [-0.3, -0.25) is 4.90 Å². The topological polar surface area (TPSA) is 56.1 Å². The van der Waals surface area contributed by atoms with Crippen molar-refractivity contribution in [1.82, 2.24) is 14.9 Å². The predicted octanol–water partition coefficient (Wildman–Crippen LogP) is 4.77. The molecule has 3 aromatic rings. The second-order valence-electron chi connectivity index (χ2n) is 8.86. The lowest BCUT2D eigenvalue weighted by molar-refractivity contribution is -0.126. The van der Waals surface area contributed by atoms with Gasteiger partial charge in [-0.1, -0.05) is 12.1 Å². The molecule has 32 heavy (non-hydrogen) atoms. The molecule has 166 valence electrons. The molecule has 2 aliphatic rings. The molecular formula is C23H22F3N5S. The van der Waals surface area contributed by atoms with Crippen molar-refractivity contribution in [3.05, 3.63) is 52.7 Å². The summed E-state index contributed by atoms with van der Waals surface area (Å²) < 4.78 is 38.5. The third kappa shape index (κ3) is 4.30. The van der Waals surface area contributed by atoms with Crippen LogP contribution in [0.4, 0.5) is 19.0 Å². The number of halogens is 3. The minimum atomic E-state index is -4.23. The highest BCUT2D eigenvalue weighted by Crippen LogP contribution is 2.43. The molecule has 0 amide bonds. The monoisotopic (exact) mass is 457 g/mol. The van der Waals surface area contributed by atoms with Gasteiger partial charge in [0.15, 0.2) is 0 Å². The van der Waals surface area contributed by atoms with Crippen LogP contribution in [0.3, 0.4) is 0 Å². The first-order chi connectivity index (χ1) is 15.3. The molecule has 2 aromatic heterocycles. The molecule has 1 unspecified atom stereocenters. The van der Waals surface area contributed by atoms with Crippen LogP contribution < -0.4 is 4.90 Å². The third-order valence-electron chi connectivity index (χ3n) is 6.48. The van der Waals surface area contributed by atoms with Gasteiger partial charge in [-0.05, 0) is 43.1 Å². The Hall–Kier alpha value is -2.70. The van der Waals surface area contributed by atoms with Gasteiger partial charge in [0.2, 0.25) is 0 Å². The van der Waals surface area contributed by atoms with Crippen LogP contribution in [0, 0.1) is 16.7 Å². The average molecular weight is 458 g/mol. The van der Waals surface area contributed by atoms with Gasteiger partial charge in [-0.25, -0.2) is 9.97 Å². The number of rotatable bonds is 4. The summed E-state index contributed by atoms with van der Waals surface area (Å²) in [6.07, 6.45) is -1.56. The number of benzene rings is 1. The first-order valence-electron chi connectivity index (χ1n) is 10.6. The molecule has 4 heterocycles. The molecule has 2 fully saturated rings. The summed E-state index contributed by atoms with van der Waals surface area (Å²) in [5.74, 6) is 0.752. The van der Waals surface area contributed by atoms with Crippen molar-refractivity contribution in [3.63, 3.8) is 0 Å². The molecule has 2 saturated heterocycles. The Labute approximate surface area is 188 Å². The molecule has 1 atom stereocenters. The molecule has 0 radical (unpaired) electrons. The maximum absolute atomic E-state index is 12.8. The SMILES string of the molecule is N#Cc1ccc(CN2CCC3(CCN(c4ncnc5sc(CC(F)(F)F)cc45)C3)C2)cc1. The van der Waals surface area contributed by atoms with Gasteiger partial charge >= 0.3 is 6.18 Å². The van der Waals surface area contributed by atoms with Crippen LogP contribution in [0.2, 0.25) is 0 Å². The van der Waals surface area contributed by atoms with Crippen molar-refractivity contribution >= 4 is 27.4 Å². The first-order valence-corrected chi connectivity index (χ1v) is 11.4. The van der Waals surface area contributed by atoms with Gasteiger partial charge in [0, 0.05) is 36.5 Å². The zero-order valence-electron chi connectivity index (χ0n) is 17.4. The van der Waals surface area contributed by atoms with Crippen molar-refractivity contribution in [3.8, 4) is 6.07 Å². The van der Waals surface area contributed by atoms with E-state index in [1.165, 1.54) is 11.9 Å². The van der Waals surface area contributed by atoms with E-state index in [1.807, 2.05) is 24.3 Å². The normalized spacial score (nSPS) is 21.6. The molecule has 0 N–H and O–H groups in total. The van der Waals surface area contributed by atoms with Gasteiger partial charge in [0.1, 0.15) is 17.0 Å². The molecule has 5 nitrogen and oxygen atoms in total. The zero-order chi connectivity index (χ0) is 22.3. The predicted molar refractivity (Wildman–Crippen MR) is 117 cm³/mol. The molecule has 1 spiro atoms. The largest absolute Gasteiger partial charge is 0.393 e. The number of hydrogen-bond donors (Lipinski definition) is 0. The van der Waals surface area contributed by atoms with E-state index in [4.69, 9.17) is 5.26 Å². The summed E-state index contributed by atoms with van der Waals surface area (Å²) in [6, 6.07) is 11.5. The number of anilines is 1. The molecule has 0 aliphatic carbocycles. The second-order valence-corrected chi connectivity index (χ2v) is 9.98. The van der Waals surface area contributed by atoms with E-state index in [2.05, 4.69) is 25.8 Å². The Bertz CT molecular complexity index is 1170. The second kappa shape index (κ2) is 8.01. The quantitative estimate of drug-likeness (QED) is 0.565. The fraction of sp³-hybridized carbons (Fsp3) is 0.435. The molecule has 2 aliphatic heterocycles. The lowest BCUT2D eigenvalue weighted by Gasteiger charge is -2.25. The number of likely N-dealkylation sites (tertiary alicyclic amines) is 1. The highest BCUT2D eigenvalue weighted by Gasteiger charge is 2.44. The molecule has 5 rings (SSSR count). The summed E-state index contributed by atoms with van der Waals surface area (Å²) in [7, 11) is 0. The number of nitrogens with zero attached hydrogens (tertiary/aromatic N) is 5. The smallest absolute Gasteiger partial charge is 0.355 e. The van der Waals surface area contributed by atoms with Gasteiger partial charge in [0.25, 0.3) is 0 Å². The molecule has 0 saturated carbocycles. The minimum Gasteiger partial charge on any atom is -0.355 e. The van der Waals surface area contributed by atoms with Crippen molar-refractivity contribution in [2.45, 2.75) is 32.0 Å². The van der Waals surface area contributed by atoms with Crippen LogP contribution in [-0.4, -0.2) is 47.2 Å². The maximum atomic E-state index is 12.8. The zero-order valence-corrected chi connectivity index (χ0v) is 18.2. The number of fused-ring (bicyclic) bond motifs is 1. The van der Waals surface area contributed by atoms with Crippen LogP contribution in [-0.2, 0) is 13.0 Å². The summed E-state index contributed by atoms with van der Waals surface area (Å²) in [4.78, 5) is 14.2. The van der Waals surface area contributed by atoms with E-state index in [0.29, 0.717) is 10.4 Å². The Kier molecular flexibility index (Phi) is 5.30. The van der Waals surface area contributed by atoms with Crippen molar-refractivity contribution < 1.29 is 13.2 Å². The summed E-state index contributed by atoms with van der Waals surface area (Å²) in [5, 5.41) is 9.69. The van der Waals surface area contributed by atoms with E-state index in [0.717, 1.165) is 68.1 Å². The Morgan fingerprint density at radius 1 is 1.09 bits per heavy atom. The Morgan fingerprint density at radius 2 is 1.88 bits per heavy atom. The lowest BCUT2D eigenvalue weighted by atomic mass is 9.86. The van der Waals surface area contributed by atoms with E-state index in [1.54, 1.807) is 6.07 Å². The first kappa shape index (κ1) is 21.2. The van der Waals surface area contributed by atoms with E-state index >= 15 is 0 Å². The van der Waals surface area contributed by atoms with Crippen LogP contribution in [0.15, 0.2) is 36.7 Å². The fourth-order valence-electron chi connectivity index (χ4n) is 4.98. The molecule has 9 heteroatoms. The highest BCUT2D eigenvalue weighted by molar-refractivity contribution is 7.18. The van der Waals surface area contributed by atoms with Gasteiger partial charge < -0.3 is 4.90 Å². The van der Waals surface area contributed by atoms with Crippen LogP contribution in [0.5, 0.6) is 0 Å². The summed E-state index contributed by atoms with van der Waals surface area (Å²) in [6.45, 7) is 4.56. The number of aromatic nitrogens is 2. The standard InChI is InChI=1S/C23H22F3N5S/c24-23(25,26)10-18-9-19-20(28-15-29-21(19)32-18)31-8-6-22(14-31)5-7-30(13-22)12-17-3-1-16(11-27)2-4-17/h1-4,9,15H,5-8,10,12-14H2. The number of hydrogen-bond acceptors (Lipinski definition) is 6. The molecule has 1 aromatic carbocycles. The third-order valence-corrected chi connectivity index (χ3v) is 7.52. The van der Waals surface area contributed by atoms with Gasteiger partial charge in [0.05, 0.1) is 23.4 Å². The van der Waals surface area contributed by atoms with E-state index < -0.39 is 12.6 Å². The van der Waals surface area contributed by atoms with E-state index in [9.17, 15) is 13.2 Å². The van der Waals surface area contributed by atoms with Gasteiger partial charge in [-0.15, -0.1) is 11.3 Å². The maximum Gasteiger partial charge on any atom is 0.393 e. The van der Waals surface area contributed by atoms with Crippen LogP contribution in [0.25, 0.3) is 10.2 Å². The molecular weight excluding hydrogens is 435 g/mol. The summed E-state index contributed by atoms with van der Waals surface area (Å²) >= 11 is 1.10. The lowest BCUT2D eigenvalue weighted by Crippen LogP contribution is -2.31. The average Bonchev–Trinajstić information content (AvgIpc) is 3.46. The van der Waals surface area contributed by atoms with Crippen molar-refractivity contribution in [2.24, 2.45) is 5.41 Å². The fourth-order valence-corrected chi connectivity index (χ4v) is 6.01. The number of alkyl halides is 3. The van der Waals surface area contributed by atoms with Crippen molar-refractivity contribution in [2.75, 3.05) is 31.1 Å². The molecule has 0 bridgehead atoms. The number of thiophene rings is 1. The Balaban J connectivity index is 1.29. The van der Waals surface area contributed by atoms with Crippen LogP contribution in [0.1, 0.15) is 28.8 Å². The van der Waals surface area contributed by atoms with Crippen LogP contribution >= 0.6 is 11.3 Å². The van der Waals surface area contributed by atoms with E-state index in [-0.39, 0.29) is 10.3 Å². The number of nitriles is 1.